The molecule has 0 saturated carbocycles. The van der Waals surface area contributed by atoms with Gasteiger partial charge in [0.2, 0.25) is 11.8 Å². The smallest absolute Gasteiger partial charge is 0.306 e. The lowest BCUT2D eigenvalue weighted by atomic mass is 9.84. The first kappa shape index (κ1) is 16.4. The molecule has 2 amide bonds. The topological polar surface area (TPSA) is 86.7 Å². The van der Waals surface area contributed by atoms with Gasteiger partial charge in [-0.15, -0.1) is 0 Å². The maximum absolute atomic E-state index is 13.4. The van der Waals surface area contributed by atoms with Gasteiger partial charge in [-0.05, 0) is 30.0 Å². The van der Waals surface area contributed by atoms with Gasteiger partial charge in [-0.25, -0.2) is 4.39 Å². The summed E-state index contributed by atoms with van der Waals surface area (Å²) in [5, 5.41) is 11.8. The molecule has 0 bridgehead atoms. The van der Waals surface area contributed by atoms with Crippen LogP contribution in [0.3, 0.4) is 0 Å². The lowest BCUT2D eigenvalue weighted by Crippen LogP contribution is -2.47. The number of fused-ring (bicyclic) bond motifs is 1. The van der Waals surface area contributed by atoms with Crippen molar-refractivity contribution >= 4 is 23.5 Å². The number of halogens is 1. The van der Waals surface area contributed by atoms with Gasteiger partial charge >= 0.3 is 5.97 Å². The number of amides is 2. The molecule has 2 aliphatic heterocycles. The second-order valence-electron chi connectivity index (χ2n) is 6.53. The van der Waals surface area contributed by atoms with E-state index in [4.69, 9.17) is 0 Å². The summed E-state index contributed by atoms with van der Waals surface area (Å²) >= 11 is 0. The van der Waals surface area contributed by atoms with Gasteiger partial charge in [0, 0.05) is 25.2 Å². The van der Waals surface area contributed by atoms with E-state index in [2.05, 4.69) is 5.32 Å². The van der Waals surface area contributed by atoms with Gasteiger partial charge in [0.1, 0.15) is 5.82 Å². The van der Waals surface area contributed by atoms with Crippen molar-refractivity contribution in [3.8, 4) is 0 Å². The Morgan fingerprint density at radius 1 is 1.38 bits per heavy atom. The number of hydrogen-bond acceptors (Lipinski definition) is 3. The third-order valence-corrected chi connectivity index (χ3v) is 4.89. The molecular formula is C17H19FN2O4. The molecular weight excluding hydrogens is 315 g/mol. The highest BCUT2D eigenvalue weighted by Crippen LogP contribution is 2.35. The van der Waals surface area contributed by atoms with Gasteiger partial charge in [-0.2, -0.15) is 0 Å². The standard InChI is InChI=1S/C17H19FN2O4/c1-9-8-20(5-4-11(9)17(23)24)16(22)13-7-15(21)19-14-6-10(18)2-3-12(13)14/h2-3,6,9,11,13H,4-5,7-8H2,1H3,(H,19,21)(H,23,24). The van der Waals surface area contributed by atoms with Crippen LogP contribution in [-0.2, 0) is 14.4 Å². The van der Waals surface area contributed by atoms with Crippen molar-refractivity contribution in [2.75, 3.05) is 18.4 Å². The summed E-state index contributed by atoms with van der Waals surface area (Å²) in [5.41, 5.74) is 0.937. The number of likely N-dealkylation sites (tertiary alicyclic amines) is 1. The quantitative estimate of drug-likeness (QED) is 0.864. The van der Waals surface area contributed by atoms with E-state index in [0.717, 1.165) is 0 Å². The predicted molar refractivity (Wildman–Crippen MR) is 83.9 cm³/mol. The van der Waals surface area contributed by atoms with Crippen molar-refractivity contribution in [2.45, 2.75) is 25.7 Å². The molecule has 128 valence electrons. The normalized spacial score (nSPS) is 26.5. The number of carbonyl (C=O) groups is 3. The van der Waals surface area contributed by atoms with E-state index in [0.29, 0.717) is 30.8 Å². The number of anilines is 1. The van der Waals surface area contributed by atoms with Crippen LogP contribution >= 0.6 is 0 Å². The maximum Gasteiger partial charge on any atom is 0.306 e. The number of aliphatic carboxylic acids is 1. The Labute approximate surface area is 138 Å². The first-order chi connectivity index (χ1) is 11.4. The summed E-state index contributed by atoms with van der Waals surface area (Å²) < 4.78 is 13.4. The second-order valence-corrected chi connectivity index (χ2v) is 6.53. The van der Waals surface area contributed by atoms with E-state index < -0.39 is 23.6 Å². The second kappa shape index (κ2) is 6.22. The molecule has 7 heteroatoms. The van der Waals surface area contributed by atoms with Crippen molar-refractivity contribution in [1.82, 2.24) is 4.90 Å². The number of benzene rings is 1. The first-order valence-electron chi connectivity index (χ1n) is 7.97. The van der Waals surface area contributed by atoms with Crippen molar-refractivity contribution in [3.63, 3.8) is 0 Å². The molecule has 0 spiro atoms. The summed E-state index contributed by atoms with van der Waals surface area (Å²) in [5.74, 6) is -3.09. The molecule has 3 rings (SSSR count). The van der Waals surface area contributed by atoms with Crippen molar-refractivity contribution < 1.29 is 23.9 Å². The van der Waals surface area contributed by atoms with Gasteiger partial charge in [-0.1, -0.05) is 13.0 Å². The summed E-state index contributed by atoms with van der Waals surface area (Å²) in [6.45, 7) is 2.52. The molecule has 1 aromatic rings. The molecule has 0 aromatic heterocycles. The lowest BCUT2D eigenvalue weighted by Gasteiger charge is -2.37. The van der Waals surface area contributed by atoms with Crippen LogP contribution in [0.5, 0.6) is 0 Å². The van der Waals surface area contributed by atoms with Gasteiger partial charge in [-0.3, -0.25) is 14.4 Å². The van der Waals surface area contributed by atoms with Crippen LogP contribution in [0.1, 0.15) is 31.2 Å². The highest BCUT2D eigenvalue weighted by molar-refractivity contribution is 6.01. The summed E-state index contributed by atoms with van der Waals surface area (Å²) in [7, 11) is 0. The number of hydrogen-bond donors (Lipinski definition) is 2. The zero-order valence-corrected chi connectivity index (χ0v) is 13.3. The van der Waals surface area contributed by atoms with E-state index >= 15 is 0 Å². The van der Waals surface area contributed by atoms with E-state index in [1.54, 1.807) is 4.90 Å². The van der Waals surface area contributed by atoms with Crippen LogP contribution in [0.25, 0.3) is 0 Å². The summed E-state index contributed by atoms with van der Waals surface area (Å²) in [6, 6.07) is 4.02. The zero-order valence-electron chi connectivity index (χ0n) is 13.3. The Kier molecular flexibility index (Phi) is 4.26. The number of carboxylic acids is 1. The SMILES string of the molecule is CC1CN(C(=O)C2CC(=O)Nc3cc(F)ccc32)CCC1C(=O)O. The Morgan fingerprint density at radius 2 is 2.12 bits per heavy atom. The minimum atomic E-state index is -0.840. The molecule has 0 radical (unpaired) electrons. The van der Waals surface area contributed by atoms with Crippen molar-refractivity contribution in [3.05, 3.63) is 29.6 Å². The third kappa shape index (κ3) is 2.98. The van der Waals surface area contributed by atoms with Crippen molar-refractivity contribution in [1.29, 1.82) is 0 Å². The zero-order chi connectivity index (χ0) is 17.4. The molecule has 2 N–H and O–H groups in total. The average Bonchev–Trinajstić information content (AvgIpc) is 2.52. The Hall–Kier alpha value is -2.44. The number of carbonyl (C=O) groups excluding carboxylic acids is 2. The number of carboxylic acid groups (broad SMARTS) is 1. The molecule has 6 nitrogen and oxygen atoms in total. The predicted octanol–water partition coefficient (Wildman–Crippen LogP) is 1.82. The fourth-order valence-corrected chi connectivity index (χ4v) is 3.59. The van der Waals surface area contributed by atoms with E-state index in [1.807, 2.05) is 6.92 Å². The van der Waals surface area contributed by atoms with Crippen LogP contribution in [0.2, 0.25) is 0 Å². The van der Waals surface area contributed by atoms with Crippen LogP contribution < -0.4 is 5.32 Å². The monoisotopic (exact) mass is 334 g/mol. The highest BCUT2D eigenvalue weighted by atomic mass is 19.1. The van der Waals surface area contributed by atoms with Gasteiger partial charge in [0.25, 0.3) is 0 Å². The van der Waals surface area contributed by atoms with Crippen LogP contribution in [0.4, 0.5) is 10.1 Å². The van der Waals surface area contributed by atoms with E-state index in [1.165, 1.54) is 18.2 Å². The number of nitrogens with one attached hydrogen (secondary N) is 1. The molecule has 2 heterocycles. The van der Waals surface area contributed by atoms with Crippen LogP contribution in [-0.4, -0.2) is 40.9 Å². The molecule has 1 fully saturated rings. The summed E-state index contributed by atoms with van der Waals surface area (Å²) in [6.07, 6.45) is 0.419. The average molecular weight is 334 g/mol. The van der Waals surface area contributed by atoms with Crippen molar-refractivity contribution in [2.24, 2.45) is 11.8 Å². The molecule has 3 atom stereocenters. The van der Waals surface area contributed by atoms with Gasteiger partial charge in [0.15, 0.2) is 0 Å². The van der Waals surface area contributed by atoms with Crippen LogP contribution in [0, 0.1) is 17.7 Å². The largest absolute Gasteiger partial charge is 0.481 e. The molecule has 0 aliphatic carbocycles. The summed E-state index contributed by atoms with van der Waals surface area (Å²) in [4.78, 5) is 37.5. The van der Waals surface area contributed by atoms with Gasteiger partial charge in [0.05, 0.1) is 11.8 Å². The van der Waals surface area contributed by atoms with Gasteiger partial charge < -0.3 is 15.3 Å². The minimum absolute atomic E-state index is 0.0186. The van der Waals surface area contributed by atoms with Crippen LogP contribution in [0.15, 0.2) is 18.2 Å². The Balaban J connectivity index is 1.81. The molecule has 24 heavy (non-hydrogen) atoms. The fraction of sp³-hybridized carbons (Fsp3) is 0.471. The molecule has 2 aliphatic rings. The minimum Gasteiger partial charge on any atom is -0.481 e. The third-order valence-electron chi connectivity index (χ3n) is 4.89. The lowest BCUT2D eigenvalue weighted by molar-refractivity contribution is -0.148. The van der Waals surface area contributed by atoms with E-state index in [9.17, 15) is 23.9 Å². The number of rotatable bonds is 2. The molecule has 3 unspecified atom stereocenters. The maximum atomic E-state index is 13.4. The highest BCUT2D eigenvalue weighted by Gasteiger charge is 2.38. The first-order valence-corrected chi connectivity index (χ1v) is 7.97. The molecule has 1 saturated heterocycles. The Bertz CT molecular complexity index is 706. The Morgan fingerprint density at radius 3 is 2.79 bits per heavy atom. The number of piperidine rings is 1. The molecule has 1 aromatic carbocycles. The number of nitrogens with zero attached hydrogens (tertiary/aromatic N) is 1. The fourth-order valence-electron chi connectivity index (χ4n) is 3.59. The van der Waals surface area contributed by atoms with E-state index in [-0.39, 0.29) is 24.2 Å².